The fourth-order valence-electron chi connectivity index (χ4n) is 6.41. The molecule has 2 heterocycles. The molecule has 7 heteroatoms. The number of hydrogen-bond acceptors (Lipinski definition) is 5. The van der Waals surface area contributed by atoms with Crippen LogP contribution in [0.3, 0.4) is 0 Å². The third-order valence-corrected chi connectivity index (χ3v) is 8.42. The SMILES string of the molecule is CC(C)C[C@H](NC(=O)C1CC(c2ccccc2)=NO1)B1O[C@@H]2C[C@@H]3C[C@@H](C3(C)C)[C@]2(C)O1. The van der Waals surface area contributed by atoms with Gasteiger partial charge < -0.3 is 19.5 Å². The minimum absolute atomic E-state index is 0.103. The van der Waals surface area contributed by atoms with Gasteiger partial charge in [0.15, 0.2) is 0 Å². The van der Waals surface area contributed by atoms with Crippen molar-refractivity contribution >= 4 is 18.7 Å². The van der Waals surface area contributed by atoms with Crippen molar-refractivity contribution in [2.75, 3.05) is 0 Å². The lowest BCUT2D eigenvalue weighted by Crippen LogP contribution is -2.65. The minimum atomic E-state index is -0.620. The molecule has 1 saturated heterocycles. The quantitative estimate of drug-likeness (QED) is 0.683. The molecule has 0 radical (unpaired) electrons. The molecule has 1 amide bonds. The maximum atomic E-state index is 13.1. The van der Waals surface area contributed by atoms with E-state index in [9.17, 15) is 4.79 Å². The van der Waals surface area contributed by atoms with Gasteiger partial charge in [-0.05, 0) is 54.9 Å². The summed E-state index contributed by atoms with van der Waals surface area (Å²) >= 11 is 0. The van der Waals surface area contributed by atoms with Crippen molar-refractivity contribution < 1.29 is 18.9 Å². The summed E-state index contributed by atoms with van der Waals surface area (Å²) < 4.78 is 13.1. The van der Waals surface area contributed by atoms with Gasteiger partial charge in [-0.25, -0.2) is 0 Å². The monoisotopic (exact) mass is 438 g/mol. The zero-order chi connectivity index (χ0) is 22.7. The Morgan fingerprint density at radius 3 is 2.66 bits per heavy atom. The molecule has 0 spiro atoms. The number of carbonyl (C=O) groups is 1. The molecule has 2 bridgehead atoms. The van der Waals surface area contributed by atoms with Crippen molar-refractivity contribution in [3.8, 4) is 0 Å². The lowest BCUT2D eigenvalue weighted by molar-refractivity contribution is -0.199. The Labute approximate surface area is 191 Å². The van der Waals surface area contributed by atoms with Crippen molar-refractivity contribution in [1.82, 2.24) is 5.32 Å². The summed E-state index contributed by atoms with van der Waals surface area (Å²) in [5.41, 5.74) is 1.81. The molecule has 1 aromatic rings. The highest BCUT2D eigenvalue weighted by Crippen LogP contribution is 2.65. The number of nitrogens with one attached hydrogen (secondary N) is 1. The first kappa shape index (κ1) is 22.0. The van der Waals surface area contributed by atoms with E-state index in [0.717, 1.165) is 24.1 Å². The molecule has 3 aliphatic carbocycles. The van der Waals surface area contributed by atoms with Crippen LogP contribution >= 0.6 is 0 Å². The van der Waals surface area contributed by atoms with E-state index in [1.165, 1.54) is 6.42 Å². The van der Waals surface area contributed by atoms with Gasteiger partial charge in [-0.2, -0.15) is 0 Å². The van der Waals surface area contributed by atoms with Crippen molar-refractivity contribution in [2.24, 2.45) is 28.3 Å². The molecular weight excluding hydrogens is 403 g/mol. The van der Waals surface area contributed by atoms with E-state index in [2.05, 4.69) is 45.1 Å². The normalized spacial score (nSPS) is 35.6. The third kappa shape index (κ3) is 3.58. The smallest absolute Gasteiger partial charge is 0.404 e. The van der Waals surface area contributed by atoms with Crippen molar-refractivity contribution in [2.45, 2.75) is 84.1 Å². The van der Waals surface area contributed by atoms with Crippen LogP contribution in [0, 0.1) is 23.2 Å². The van der Waals surface area contributed by atoms with E-state index in [4.69, 9.17) is 14.1 Å². The van der Waals surface area contributed by atoms with Gasteiger partial charge in [-0.3, -0.25) is 4.79 Å². The van der Waals surface area contributed by atoms with Crippen LogP contribution in [0.4, 0.5) is 0 Å². The van der Waals surface area contributed by atoms with Crippen LogP contribution in [0.5, 0.6) is 0 Å². The van der Waals surface area contributed by atoms with Gasteiger partial charge in [0.2, 0.25) is 6.10 Å². The van der Waals surface area contributed by atoms with E-state index in [0.29, 0.717) is 29.6 Å². The van der Waals surface area contributed by atoms with Crippen LogP contribution in [0.1, 0.15) is 65.9 Å². The summed E-state index contributed by atoms with van der Waals surface area (Å²) in [5, 5.41) is 7.36. The zero-order valence-electron chi connectivity index (χ0n) is 19.8. The molecule has 1 unspecified atom stereocenters. The number of hydrogen-bond donors (Lipinski definition) is 1. The van der Waals surface area contributed by atoms with Crippen molar-refractivity contribution in [3.05, 3.63) is 35.9 Å². The summed E-state index contributed by atoms with van der Waals surface area (Å²) in [6.45, 7) is 11.3. The molecule has 172 valence electrons. The Morgan fingerprint density at radius 1 is 1.22 bits per heavy atom. The molecule has 1 N–H and O–H groups in total. The van der Waals surface area contributed by atoms with Gasteiger partial charge in [-0.15, -0.1) is 0 Å². The van der Waals surface area contributed by atoms with Crippen molar-refractivity contribution in [1.29, 1.82) is 0 Å². The molecule has 6 nitrogen and oxygen atoms in total. The number of oxime groups is 1. The summed E-state index contributed by atoms with van der Waals surface area (Å²) in [7, 11) is -0.428. The first-order chi connectivity index (χ1) is 15.2. The summed E-state index contributed by atoms with van der Waals surface area (Å²) in [4.78, 5) is 18.6. The summed E-state index contributed by atoms with van der Waals surface area (Å²) in [6.07, 6.45) is 2.99. The maximum Gasteiger partial charge on any atom is 0.481 e. The third-order valence-electron chi connectivity index (χ3n) is 8.42. The molecule has 4 fully saturated rings. The average Bonchev–Trinajstić information content (AvgIpc) is 3.37. The summed E-state index contributed by atoms with van der Waals surface area (Å²) in [5.74, 6) is 1.23. The van der Waals surface area contributed by atoms with Gasteiger partial charge in [0, 0.05) is 6.42 Å². The lowest BCUT2D eigenvalue weighted by Gasteiger charge is -2.64. The first-order valence-corrected chi connectivity index (χ1v) is 12.1. The van der Waals surface area contributed by atoms with Crippen molar-refractivity contribution in [3.63, 3.8) is 0 Å². The highest BCUT2D eigenvalue weighted by Gasteiger charge is 2.68. The van der Waals surface area contributed by atoms with E-state index >= 15 is 0 Å². The van der Waals surface area contributed by atoms with Gasteiger partial charge in [-0.1, -0.05) is 63.2 Å². The van der Waals surface area contributed by atoms with Crippen LogP contribution < -0.4 is 5.32 Å². The van der Waals surface area contributed by atoms with Crippen LogP contribution in [0.25, 0.3) is 0 Å². The first-order valence-electron chi connectivity index (χ1n) is 12.1. The predicted octanol–water partition coefficient (Wildman–Crippen LogP) is 3.98. The number of nitrogens with zero attached hydrogens (tertiary/aromatic N) is 1. The molecule has 5 aliphatic rings. The van der Waals surface area contributed by atoms with Gasteiger partial charge in [0.1, 0.15) is 0 Å². The van der Waals surface area contributed by atoms with E-state index in [1.807, 2.05) is 30.3 Å². The standard InChI is InChI=1S/C25H35BN2O4/c1-15(2)11-22(26-30-21-13-17-12-20(24(17,3)4)25(21,5)32-26)27-23(29)19-14-18(28-31-19)16-9-7-6-8-10-16/h6-10,15,17,19-22H,11-14H2,1-5H3,(H,27,29)/t17-,19?,20-,21+,22-,25-/m0/s1. The fraction of sp³-hybridized carbons (Fsp3) is 0.680. The van der Waals surface area contributed by atoms with Gasteiger partial charge >= 0.3 is 7.12 Å². The summed E-state index contributed by atoms with van der Waals surface area (Å²) in [6, 6.07) is 9.86. The molecule has 32 heavy (non-hydrogen) atoms. The number of carbonyl (C=O) groups excluding carboxylic acids is 1. The predicted molar refractivity (Wildman–Crippen MR) is 124 cm³/mol. The number of rotatable bonds is 6. The Morgan fingerprint density at radius 2 is 1.97 bits per heavy atom. The number of amides is 1. The van der Waals surface area contributed by atoms with Crippen LogP contribution in [0.2, 0.25) is 0 Å². The van der Waals surface area contributed by atoms with Gasteiger partial charge in [0.25, 0.3) is 5.91 Å². The zero-order valence-corrected chi connectivity index (χ0v) is 19.8. The van der Waals surface area contributed by atoms with E-state index in [-0.39, 0.29) is 23.6 Å². The lowest BCUT2D eigenvalue weighted by atomic mass is 9.43. The maximum absolute atomic E-state index is 13.1. The average molecular weight is 438 g/mol. The Hall–Kier alpha value is -1.86. The molecule has 6 atom stereocenters. The second kappa shape index (κ2) is 7.87. The fourth-order valence-corrected chi connectivity index (χ4v) is 6.41. The molecule has 0 aromatic heterocycles. The van der Waals surface area contributed by atoms with Crippen LogP contribution in [0.15, 0.2) is 35.5 Å². The van der Waals surface area contributed by atoms with Crippen LogP contribution in [-0.2, 0) is 18.9 Å². The molecular formula is C25H35BN2O4. The second-order valence-corrected chi connectivity index (χ2v) is 11.3. The van der Waals surface area contributed by atoms with Crippen LogP contribution in [-0.4, -0.2) is 42.5 Å². The second-order valence-electron chi connectivity index (χ2n) is 11.3. The molecule has 2 aliphatic heterocycles. The highest BCUT2D eigenvalue weighted by molar-refractivity contribution is 6.48. The largest absolute Gasteiger partial charge is 0.481 e. The van der Waals surface area contributed by atoms with Gasteiger partial charge in [0.05, 0.1) is 23.4 Å². The Balaban J connectivity index is 1.26. The Bertz CT molecular complexity index is 904. The molecule has 6 rings (SSSR count). The number of benzene rings is 1. The van der Waals surface area contributed by atoms with E-state index < -0.39 is 13.2 Å². The molecule has 1 aromatic carbocycles. The highest BCUT2D eigenvalue weighted by atomic mass is 16.7. The Kier molecular flexibility index (Phi) is 5.40. The molecule has 3 saturated carbocycles. The minimum Gasteiger partial charge on any atom is -0.404 e. The topological polar surface area (TPSA) is 69.2 Å². The van der Waals surface area contributed by atoms with E-state index in [1.54, 1.807) is 0 Å².